The van der Waals surface area contributed by atoms with Crippen LogP contribution in [0.2, 0.25) is 5.02 Å². The van der Waals surface area contributed by atoms with Gasteiger partial charge in [-0.3, -0.25) is 4.79 Å². The van der Waals surface area contributed by atoms with Crippen LogP contribution in [0.15, 0.2) is 36.4 Å². The number of carbonyl (C=O) groups excluding carboxylic acids is 1. The SMILES string of the molecule is [C-]#[N+]c1ccc(N(C)C2CCC(NC(=O)c3ccc4c(c3)CCN(C)C4)CC2)cc1Cl. The van der Waals surface area contributed by atoms with E-state index >= 15 is 0 Å². The van der Waals surface area contributed by atoms with Crippen molar-refractivity contribution in [2.24, 2.45) is 0 Å². The Bertz CT molecular complexity index is 1010. The Kier molecular flexibility index (Phi) is 6.50. The molecule has 6 heteroatoms. The maximum Gasteiger partial charge on any atom is 0.251 e. The second-order valence-corrected chi connectivity index (χ2v) is 9.22. The molecule has 1 amide bonds. The van der Waals surface area contributed by atoms with Crippen LogP contribution in [0.4, 0.5) is 11.4 Å². The Balaban J connectivity index is 1.32. The summed E-state index contributed by atoms with van der Waals surface area (Å²) in [5, 5.41) is 3.75. The number of halogens is 1. The quantitative estimate of drug-likeness (QED) is 0.681. The number of hydrogen-bond donors (Lipinski definition) is 1. The molecule has 0 saturated heterocycles. The van der Waals surface area contributed by atoms with Crippen LogP contribution < -0.4 is 10.2 Å². The van der Waals surface area contributed by atoms with Gasteiger partial charge in [0, 0.05) is 48.5 Å². The van der Waals surface area contributed by atoms with Crippen LogP contribution in [0.1, 0.15) is 47.2 Å². The fourth-order valence-electron chi connectivity index (χ4n) is 4.73. The molecule has 0 atom stereocenters. The van der Waals surface area contributed by atoms with E-state index in [9.17, 15) is 4.79 Å². The minimum atomic E-state index is 0.0417. The Hall–Kier alpha value is -2.55. The van der Waals surface area contributed by atoms with E-state index in [2.05, 4.69) is 46.2 Å². The molecule has 1 N–H and O–H groups in total. The molecule has 2 aromatic rings. The molecule has 1 fully saturated rings. The minimum absolute atomic E-state index is 0.0417. The number of hydrogen-bond acceptors (Lipinski definition) is 3. The van der Waals surface area contributed by atoms with Crippen molar-refractivity contribution in [2.45, 2.75) is 50.7 Å². The molecule has 0 bridgehead atoms. The van der Waals surface area contributed by atoms with Crippen LogP contribution in [0.25, 0.3) is 4.85 Å². The molecule has 0 aromatic heterocycles. The van der Waals surface area contributed by atoms with Gasteiger partial charge in [-0.2, -0.15) is 0 Å². The van der Waals surface area contributed by atoms with Crippen LogP contribution >= 0.6 is 11.6 Å². The van der Waals surface area contributed by atoms with Gasteiger partial charge in [0.15, 0.2) is 0 Å². The van der Waals surface area contributed by atoms with Gasteiger partial charge in [-0.05, 0) is 74.5 Å². The van der Waals surface area contributed by atoms with Crippen molar-refractivity contribution in [3.05, 3.63) is 69.5 Å². The lowest BCUT2D eigenvalue weighted by Crippen LogP contribution is -2.43. The Morgan fingerprint density at radius 1 is 1.16 bits per heavy atom. The molecule has 4 rings (SSSR count). The smallest absolute Gasteiger partial charge is 0.251 e. The fraction of sp³-hybridized carbons (Fsp3) is 0.440. The molecule has 0 radical (unpaired) electrons. The lowest BCUT2D eigenvalue weighted by Gasteiger charge is -2.36. The number of likely N-dealkylation sites (N-methyl/N-ethyl adjacent to an activating group) is 1. The predicted molar refractivity (Wildman–Crippen MR) is 126 cm³/mol. The Labute approximate surface area is 189 Å². The van der Waals surface area contributed by atoms with E-state index in [1.165, 1.54) is 11.1 Å². The van der Waals surface area contributed by atoms with Gasteiger partial charge in [-0.25, -0.2) is 4.85 Å². The van der Waals surface area contributed by atoms with Gasteiger partial charge in [0.25, 0.3) is 5.91 Å². The lowest BCUT2D eigenvalue weighted by atomic mass is 9.89. The monoisotopic (exact) mass is 436 g/mol. The number of rotatable bonds is 4. The zero-order chi connectivity index (χ0) is 22.0. The van der Waals surface area contributed by atoms with Gasteiger partial charge >= 0.3 is 0 Å². The highest BCUT2D eigenvalue weighted by Crippen LogP contribution is 2.32. The molecule has 5 nitrogen and oxygen atoms in total. The molecule has 1 saturated carbocycles. The van der Waals surface area contributed by atoms with Crippen molar-refractivity contribution in [3.63, 3.8) is 0 Å². The third-order valence-electron chi connectivity index (χ3n) is 6.71. The first-order valence-corrected chi connectivity index (χ1v) is 11.3. The van der Waals surface area contributed by atoms with Gasteiger partial charge in [0.1, 0.15) is 0 Å². The third-order valence-corrected chi connectivity index (χ3v) is 7.01. The first-order valence-electron chi connectivity index (χ1n) is 11.0. The number of nitrogens with one attached hydrogen (secondary N) is 1. The Morgan fingerprint density at radius 3 is 2.65 bits per heavy atom. The number of anilines is 1. The first-order chi connectivity index (χ1) is 14.9. The molecule has 2 aliphatic rings. The largest absolute Gasteiger partial charge is 0.372 e. The van der Waals surface area contributed by atoms with Crippen molar-refractivity contribution in [3.8, 4) is 0 Å². The van der Waals surface area contributed by atoms with E-state index in [0.717, 1.165) is 56.4 Å². The van der Waals surface area contributed by atoms with Crippen molar-refractivity contribution < 1.29 is 4.79 Å². The van der Waals surface area contributed by atoms with E-state index < -0.39 is 0 Å². The van der Waals surface area contributed by atoms with Gasteiger partial charge in [-0.15, -0.1) is 0 Å². The van der Waals surface area contributed by atoms with Crippen molar-refractivity contribution in [1.82, 2.24) is 10.2 Å². The van der Waals surface area contributed by atoms with Crippen molar-refractivity contribution in [2.75, 3.05) is 25.5 Å². The molecular weight excluding hydrogens is 408 g/mol. The number of fused-ring (bicyclic) bond motifs is 1. The summed E-state index contributed by atoms with van der Waals surface area (Å²) < 4.78 is 0. The highest BCUT2D eigenvalue weighted by Gasteiger charge is 2.26. The summed E-state index contributed by atoms with van der Waals surface area (Å²) in [6.45, 7) is 9.14. The molecule has 31 heavy (non-hydrogen) atoms. The summed E-state index contributed by atoms with van der Waals surface area (Å²) in [6, 6.07) is 12.4. The minimum Gasteiger partial charge on any atom is -0.372 e. The molecular formula is C25H29ClN4O. The zero-order valence-corrected chi connectivity index (χ0v) is 19.0. The van der Waals surface area contributed by atoms with Gasteiger partial charge in [0.2, 0.25) is 5.69 Å². The molecule has 1 aliphatic carbocycles. The number of amides is 1. The van der Waals surface area contributed by atoms with Crippen LogP contribution in [0.3, 0.4) is 0 Å². The average Bonchev–Trinajstić information content (AvgIpc) is 2.78. The maximum atomic E-state index is 12.8. The normalized spacial score (nSPS) is 21.1. The standard InChI is InChI=1S/C25H29ClN4O/c1-27-24-11-10-22(15-23(24)26)30(3)21-8-6-20(7-9-21)28-25(31)18-4-5-19-16-29(2)13-12-17(19)14-18/h4-5,10-11,14-15,20-21H,6-9,12-13,16H2,2-3H3,(H,28,31). The average molecular weight is 437 g/mol. The topological polar surface area (TPSA) is 39.9 Å². The van der Waals surface area contributed by atoms with Crippen LogP contribution in [0.5, 0.6) is 0 Å². The van der Waals surface area contributed by atoms with Gasteiger partial charge in [0.05, 0.1) is 6.57 Å². The molecule has 1 heterocycles. The lowest BCUT2D eigenvalue weighted by molar-refractivity contribution is 0.0925. The molecule has 2 aromatic carbocycles. The van der Waals surface area contributed by atoms with E-state index in [1.54, 1.807) is 6.07 Å². The summed E-state index contributed by atoms with van der Waals surface area (Å²) in [7, 11) is 4.21. The maximum absolute atomic E-state index is 12.8. The van der Waals surface area contributed by atoms with Crippen molar-refractivity contribution in [1.29, 1.82) is 0 Å². The molecule has 1 aliphatic heterocycles. The van der Waals surface area contributed by atoms with Gasteiger partial charge < -0.3 is 15.1 Å². The number of carbonyl (C=O) groups is 1. The second kappa shape index (κ2) is 9.30. The summed E-state index contributed by atoms with van der Waals surface area (Å²) in [6.07, 6.45) is 4.96. The van der Waals surface area contributed by atoms with E-state index in [4.69, 9.17) is 18.2 Å². The summed E-state index contributed by atoms with van der Waals surface area (Å²) in [5.41, 5.74) is 4.93. The summed E-state index contributed by atoms with van der Waals surface area (Å²) in [4.78, 5) is 20.8. The predicted octanol–water partition coefficient (Wildman–Crippen LogP) is 5.06. The first kappa shape index (κ1) is 21.7. The van der Waals surface area contributed by atoms with E-state index in [0.29, 0.717) is 16.8 Å². The number of nitrogens with zero attached hydrogens (tertiary/aromatic N) is 3. The summed E-state index contributed by atoms with van der Waals surface area (Å²) >= 11 is 6.21. The molecule has 0 unspecified atom stereocenters. The van der Waals surface area contributed by atoms with Crippen LogP contribution in [-0.4, -0.2) is 43.5 Å². The summed E-state index contributed by atoms with van der Waals surface area (Å²) in [5.74, 6) is 0.0417. The third kappa shape index (κ3) is 4.87. The second-order valence-electron chi connectivity index (χ2n) is 8.81. The van der Waals surface area contributed by atoms with E-state index in [1.807, 2.05) is 18.2 Å². The zero-order valence-electron chi connectivity index (χ0n) is 18.2. The molecule has 0 spiro atoms. The Morgan fingerprint density at radius 2 is 1.94 bits per heavy atom. The number of benzene rings is 2. The van der Waals surface area contributed by atoms with Crippen LogP contribution in [-0.2, 0) is 13.0 Å². The van der Waals surface area contributed by atoms with Crippen LogP contribution in [0, 0.1) is 6.57 Å². The highest BCUT2D eigenvalue weighted by molar-refractivity contribution is 6.33. The highest BCUT2D eigenvalue weighted by atomic mass is 35.5. The fourth-order valence-corrected chi connectivity index (χ4v) is 4.95. The molecule has 162 valence electrons. The van der Waals surface area contributed by atoms with Crippen molar-refractivity contribution >= 4 is 28.9 Å². The van der Waals surface area contributed by atoms with E-state index in [-0.39, 0.29) is 11.9 Å². The van der Waals surface area contributed by atoms with Gasteiger partial charge in [-0.1, -0.05) is 23.7 Å².